The molecule has 0 aliphatic rings. The first-order chi connectivity index (χ1) is 8.60. The number of nitrogens with zero attached hydrogens (tertiary/aromatic N) is 3. The lowest BCUT2D eigenvalue weighted by Crippen LogP contribution is -2.21. The molecule has 0 amide bonds. The maximum atomic E-state index is 5.97. The molecule has 0 aliphatic heterocycles. The molecule has 2 heterocycles. The number of nitrogens with two attached hydrogens (primary N) is 1. The lowest BCUT2D eigenvalue weighted by Gasteiger charge is -2.08. The van der Waals surface area contributed by atoms with Gasteiger partial charge in [0.2, 0.25) is 0 Å². The van der Waals surface area contributed by atoms with Gasteiger partial charge >= 0.3 is 0 Å². The van der Waals surface area contributed by atoms with Gasteiger partial charge in [-0.25, -0.2) is 9.67 Å². The maximum absolute atomic E-state index is 5.97. The molecule has 5 heteroatoms. The SMILES string of the molecule is CCC(N)Cc1ccc(-n2cc(Cl)c(C)n2)nc1. The van der Waals surface area contributed by atoms with Gasteiger partial charge < -0.3 is 5.73 Å². The molecular weight excluding hydrogens is 248 g/mol. The summed E-state index contributed by atoms with van der Waals surface area (Å²) in [6.07, 6.45) is 5.42. The van der Waals surface area contributed by atoms with Crippen LogP contribution in [-0.4, -0.2) is 20.8 Å². The molecule has 18 heavy (non-hydrogen) atoms. The molecule has 2 N–H and O–H groups in total. The fourth-order valence-corrected chi connectivity index (χ4v) is 1.81. The number of rotatable bonds is 4. The average Bonchev–Trinajstić information content (AvgIpc) is 2.70. The van der Waals surface area contributed by atoms with Crippen LogP contribution in [0.15, 0.2) is 24.5 Å². The van der Waals surface area contributed by atoms with E-state index >= 15 is 0 Å². The van der Waals surface area contributed by atoms with Crippen LogP contribution in [0.2, 0.25) is 5.02 Å². The summed E-state index contributed by atoms with van der Waals surface area (Å²) in [4.78, 5) is 4.38. The van der Waals surface area contributed by atoms with Crippen LogP contribution in [-0.2, 0) is 6.42 Å². The van der Waals surface area contributed by atoms with Crippen molar-refractivity contribution < 1.29 is 0 Å². The van der Waals surface area contributed by atoms with Crippen molar-refractivity contribution in [1.29, 1.82) is 0 Å². The second kappa shape index (κ2) is 5.50. The Hall–Kier alpha value is -1.39. The Morgan fingerprint density at radius 2 is 2.22 bits per heavy atom. The topological polar surface area (TPSA) is 56.7 Å². The van der Waals surface area contributed by atoms with Crippen molar-refractivity contribution in [3.63, 3.8) is 0 Å². The van der Waals surface area contributed by atoms with Crippen molar-refractivity contribution in [3.05, 3.63) is 40.8 Å². The first kappa shape index (κ1) is 13.1. The summed E-state index contributed by atoms with van der Waals surface area (Å²) in [7, 11) is 0. The monoisotopic (exact) mass is 264 g/mol. The third kappa shape index (κ3) is 2.89. The zero-order chi connectivity index (χ0) is 13.1. The van der Waals surface area contributed by atoms with Gasteiger partial charge in [-0.05, 0) is 31.4 Å². The van der Waals surface area contributed by atoms with Crippen molar-refractivity contribution in [3.8, 4) is 5.82 Å². The van der Waals surface area contributed by atoms with Gasteiger partial charge in [-0.2, -0.15) is 5.10 Å². The number of aryl methyl sites for hydroxylation is 1. The Bertz CT molecular complexity index is 499. The molecular formula is C13H17ClN4. The van der Waals surface area contributed by atoms with Gasteiger partial charge in [0, 0.05) is 12.2 Å². The molecule has 0 saturated carbocycles. The normalized spacial score (nSPS) is 12.7. The number of halogens is 1. The van der Waals surface area contributed by atoms with E-state index in [9.17, 15) is 0 Å². The summed E-state index contributed by atoms with van der Waals surface area (Å²) in [5.74, 6) is 0.763. The van der Waals surface area contributed by atoms with E-state index in [1.165, 1.54) is 0 Å². The van der Waals surface area contributed by atoms with Gasteiger partial charge in [0.05, 0.1) is 16.9 Å². The zero-order valence-corrected chi connectivity index (χ0v) is 11.4. The quantitative estimate of drug-likeness (QED) is 0.923. The highest BCUT2D eigenvalue weighted by atomic mass is 35.5. The Morgan fingerprint density at radius 3 is 2.72 bits per heavy atom. The first-order valence-corrected chi connectivity index (χ1v) is 6.40. The third-order valence-corrected chi connectivity index (χ3v) is 3.28. The third-order valence-electron chi connectivity index (χ3n) is 2.91. The Labute approximate surface area is 112 Å². The molecule has 0 saturated heterocycles. The second-order valence-corrected chi connectivity index (χ2v) is 4.81. The molecule has 0 radical (unpaired) electrons. The van der Waals surface area contributed by atoms with Gasteiger partial charge in [0.15, 0.2) is 5.82 Å². The fraction of sp³-hybridized carbons (Fsp3) is 0.385. The lowest BCUT2D eigenvalue weighted by molar-refractivity contribution is 0.644. The summed E-state index contributed by atoms with van der Waals surface area (Å²) < 4.78 is 1.68. The van der Waals surface area contributed by atoms with E-state index in [0.717, 1.165) is 29.9 Å². The highest BCUT2D eigenvalue weighted by Gasteiger charge is 2.06. The molecule has 0 aliphatic carbocycles. The molecule has 1 unspecified atom stereocenters. The van der Waals surface area contributed by atoms with E-state index in [1.807, 2.05) is 25.3 Å². The van der Waals surface area contributed by atoms with Crippen LogP contribution in [0.3, 0.4) is 0 Å². The van der Waals surface area contributed by atoms with Gasteiger partial charge in [-0.3, -0.25) is 0 Å². The van der Waals surface area contributed by atoms with Crippen LogP contribution >= 0.6 is 11.6 Å². The van der Waals surface area contributed by atoms with Gasteiger partial charge in [0.25, 0.3) is 0 Å². The highest BCUT2D eigenvalue weighted by molar-refractivity contribution is 6.31. The molecule has 2 aromatic rings. The largest absolute Gasteiger partial charge is 0.327 e. The Morgan fingerprint density at radius 1 is 1.44 bits per heavy atom. The van der Waals surface area contributed by atoms with Gasteiger partial charge in [0.1, 0.15) is 0 Å². The van der Waals surface area contributed by atoms with Crippen LogP contribution < -0.4 is 5.73 Å². The molecule has 2 rings (SSSR count). The summed E-state index contributed by atoms with van der Waals surface area (Å²) in [5, 5.41) is 4.93. The molecule has 0 fully saturated rings. The van der Waals surface area contributed by atoms with Crippen LogP contribution in [0.5, 0.6) is 0 Å². The maximum Gasteiger partial charge on any atom is 0.153 e. The van der Waals surface area contributed by atoms with Crippen LogP contribution in [0, 0.1) is 6.92 Å². The number of aromatic nitrogens is 3. The standard InChI is InChI=1S/C13H17ClN4/c1-3-11(15)6-10-4-5-13(16-7-10)18-8-12(14)9(2)17-18/h4-5,7-8,11H,3,6,15H2,1-2H3. The minimum absolute atomic E-state index is 0.194. The highest BCUT2D eigenvalue weighted by Crippen LogP contribution is 2.15. The van der Waals surface area contributed by atoms with E-state index in [1.54, 1.807) is 10.9 Å². The van der Waals surface area contributed by atoms with E-state index in [-0.39, 0.29) is 6.04 Å². The molecule has 0 bridgehead atoms. The first-order valence-electron chi connectivity index (χ1n) is 6.02. The molecule has 2 aromatic heterocycles. The zero-order valence-electron chi connectivity index (χ0n) is 10.6. The molecule has 96 valence electrons. The minimum atomic E-state index is 0.194. The average molecular weight is 265 g/mol. The van der Waals surface area contributed by atoms with Gasteiger partial charge in [-0.1, -0.05) is 24.6 Å². The molecule has 0 spiro atoms. The fourth-order valence-electron chi connectivity index (χ4n) is 1.68. The van der Waals surface area contributed by atoms with Crippen molar-refractivity contribution in [2.45, 2.75) is 32.7 Å². The van der Waals surface area contributed by atoms with Crippen molar-refractivity contribution in [2.75, 3.05) is 0 Å². The van der Waals surface area contributed by atoms with E-state index < -0.39 is 0 Å². The van der Waals surface area contributed by atoms with E-state index in [2.05, 4.69) is 17.0 Å². The number of hydrogen-bond donors (Lipinski definition) is 1. The van der Waals surface area contributed by atoms with Crippen LogP contribution in [0.1, 0.15) is 24.6 Å². The van der Waals surface area contributed by atoms with Crippen molar-refractivity contribution >= 4 is 11.6 Å². The van der Waals surface area contributed by atoms with Crippen molar-refractivity contribution in [2.24, 2.45) is 5.73 Å². The van der Waals surface area contributed by atoms with Crippen LogP contribution in [0.4, 0.5) is 0 Å². The van der Waals surface area contributed by atoms with E-state index in [4.69, 9.17) is 17.3 Å². The number of pyridine rings is 1. The summed E-state index contributed by atoms with van der Waals surface area (Å²) in [5.41, 5.74) is 7.86. The molecule has 0 aromatic carbocycles. The number of hydrogen-bond acceptors (Lipinski definition) is 3. The lowest BCUT2D eigenvalue weighted by atomic mass is 10.1. The minimum Gasteiger partial charge on any atom is -0.327 e. The van der Waals surface area contributed by atoms with Crippen molar-refractivity contribution in [1.82, 2.24) is 14.8 Å². The van der Waals surface area contributed by atoms with E-state index in [0.29, 0.717) is 5.02 Å². The molecule has 4 nitrogen and oxygen atoms in total. The van der Waals surface area contributed by atoms with Crippen LogP contribution in [0.25, 0.3) is 5.82 Å². The Kier molecular flexibility index (Phi) is 3.99. The smallest absolute Gasteiger partial charge is 0.153 e. The summed E-state index contributed by atoms with van der Waals surface area (Å²) >= 11 is 5.97. The Balaban J connectivity index is 2.17. The molecule has 1 atom stereocenters. The predicted molar refractivity (Wildman–Crippen MR) is 73.1 cm³/mol. The van der Waals surface area contributed by atoms with Gasteiger partial charge in [-0.15, -0.1) is 0 Å². The second-order valence-electron chi connectivity index (χ2n) is 4.40. The summed E-state index contributed by atoms with van der Waals surface area (Å²) in [6, 6.07) is 4.16. The summed E-state index contributed by atoms with van der Waals surface area (Å²) in [6.45, 7) is 3.95. The predicted octanol–water partition coefficient (Wildman–Crippen LogP) is 2.51.